The molecule has 0 bridgehead atoms. The smallest absolute Gasteiger partial charge is 0.237 e. The summed E-state index contributed by atoms with van der Waals surface area (Å²) in [5.41, 5.74) is 4.03. The Morgan fingerprint density at radius 3 is 2.50 bits per heavy atom. The van der Waals surface area contributed by atoms with E-state index >= 15 is 0 Å². The Balaban J connectivity index is 0.00000353. The van der Waals surface area contributed by atoms with Crippen LogP contribution in [0.2, 0.25) is 5.02 Å². The number of benzene rings is 2. The van der Waals surface area contributed by atoms with E-state index in [2.05, 4.69) is 66.7 Å². The zero-order valence-electron chi connectivity index (χ0n) is 24.4. The van der Waals surface area contributed by atoms with Crippen molar-refractivity contribution in [3.63, 3.8) is 0 Å². The van der Waals surface area contributed by atoms with Crippen LogP contribution in [0.5, 0.6) is 0 Å². The Labute approximate surface area is 261 Å². The number of aromatic nitrogens is 3. The first kappa shape index (κ1) is 31.0. The Bertz CT molecular complexity index is 1270. The largest absolute Gasteiger partial charge is 0.350 e. The van der Waals surface area contributed by atoms with Crippen molar-refractivity contribution in [2.24, 2.45) is 11.3 Å². The molecule has 1 aliphatic carbocycles. The standard InChI is InChI=1S/C33H43ClN6O.ClH/c34-29-12-10-25(11-13-29)18-30(38-32(41)31-19-26-6-4-5-7-27(26)20-36-31)21-39-16-14-33(15-17-39,22-40-24-35-23-37-40)28-8-2-1-3-9-28;/h4-7,10-13,23-24,28,30-31,36H,1-3,8-9,14-22H2,(H,38,41);1H/t30-,31+;/m1./s1. The van der Waals surface area contributed by atoms with Gasteiger partial charge >= 0.3 is 0 Å². The van der Waals surface area contributed by atoms with Gasteiger partial charge in [-0.25, -0.2) is 4.98 Å². The lowest BCUT2D eigenvalue weighted by atomic mass is 9.63. The summed E-state index contributed by atoms with van der Waals surface area (Å²) in [6.45, 7) is 4.64. The molecule has 1 saturated carbocycles. The summed E-state index contributed by atoms with van der Waals surface area (Å²) in [6, 6.07) is 16.3. The lowest BCUT2D eigenvalue weighted by Gasteiger charge is -2.48. The molecule has 42 heavy (non-hydrogen) atoms. The van der Waals surface area contributed by atoms with E-state index in [1.165, 1.54) is 61.6 Å². The molecule has 2 N–H and O–H groups in total. The predicted octanol–water partition coefficient (Wildman–Crippen LogP) is 5.46. The number of fused-ring (bicyclic) bond motifs is 1. The van der Waals surface area contributed by atoms with Crippen LogP contribution in [0.15, 0.2) is 61.2 Å². The summed E-state index contributed by atoms with van der Waals surface area (Å²) < 4.78 is 2.06. The van der Waals surface area contributed by atoms with Crippen molar-refractivity contribution in [3.8, 4) is 0 Å². The first-order valence-electron chi connectivity index (χ1n) is 15.5. The Morgan fingerprint density at radius 2 is 1.79 bits per heavy atom. The molecular weight excluding hydrogens is 567 g/mol. The summed E-state index contributed by atoms with van der Waals surface area (Å²) in [7, 11) is 0. The van der Waals surface area contributed by atoms with Crippen LogP contribution < -0.4 is 10.6 Å². The molecule has 1 saturated heterocycles. The van der Waals surface area contributed by atoms with Gasteiger partial charge in [-0.1, -0.05) is 67.3 Å². The highest BCUT2D eigenvalue weighted by molar-refractivity contribution is 6.30. The SMILES string of the molecule is Cl.O=C(N[C@H](Cc1ccc(Cl)cc1)CN1CCC(Cn2cncn2)(C2CCCCC2)CC1)[C@@H]1Cc2ccccc2CN1. The van der Waals surface area contributed by atoms with Gasteiger partial charge in [0.05, 0.1) is 6.04 Å². The van der Waals surface area contributed by atoms with E-state index < -0.39 is 0 Å². The third kappa shape index (κ3) is 7.54. The van der Waals surface area contributed by atoms with E-state index in [-0.39, 0.29) is 35.8 Å². The van der Waals surface area contributed by atoms with E-state index in [9.17, 15) is 4.79 Å². The number of hydrogen-bond acceptors (Lipinski definition) is 5. The minimum atomic E-state index is -0.208. The van der Waals surface area contributed by atoms with Gasteiger partial charge in [0.15, 0.2) is 0 Å². The molecule has 2 aliphatic heterocycles. The van der Waals surface area contributed by atoms with Gasteiger partial charge in [-0.15, -0.1) is 12.4 Å². The number of rotatable bonds is 9. The zero-order valence-corrected chi connectivity index (χ0v) is 26.0. The van der Waals surface area contributed by atoms with Gasteiger partial charge in [0.25, 0.3) is 0 Å². The summed E-state index contributed by atoms with van der Waals surface area (Å²) in [6.07, 6.45) is 14.1. The second-order valence-electron chi connectivity index (χ2n) is 12.5. The van der Waals surface area contributed by atoms with Gasteiger partial charge < -0.3 is 15.5 Å². The van der Waals surface area contributed by atoms with Gasteiger partial charge in [-0.2, -0.15) is 5.10 Å². The van der Waals surface area contributed by atoms with Crippen LogP contribution in [0.1, 0.15) is 61.6 Å². The predicted molar refractivity (Wildman–Crippen MR) is 170 cm³/mol. The summed E-state index contributed by atoms with van der Waals surface area (Å²) >= 11 is 6.18. The molecule has 0 radical (unpaired) electrons. The van der Waals surface area contributed by atoms with Crippen LogP contribution in [-0.2, 0) is 30.7 Å². The minimum Gasteiger partial charge on any atom is -0.350 e. The fourth-order valence-corrected chi connectivity index (χ4v) is 7.67. The zero-order chi connectivity index (χ0) is 28.1. The Hall–Kier alpha value is -2.45. The maximum absolute atomic E-state index is 13.6. The molecule has 2 aromatic carbocycles. The van der Waals surface area contributed by atoms with Crippen molar-refractivity contribution < 1.29 is 4.79 Å². The van der Waals surface area contributed by atoms with E-state index in [0.29, 0.717) is 0 Å². The third-order valence-electron chi connectivity index (χ3n) is 9.88. The molecule has 6 rings (SSSR count). The molecule has 3 aliphatic rings. The van der Waals surface area contributed by atoms with Crippen LogP contribution in [-0.4, -0.2) is 57.3 Å². The van der Waals surface area contributed by atoms with Crippen molar-refractivity contribution in [1.82, 2.24) is 30.3 Å². The quantitative estimate of drug-likeness (QED) is 0.337. The van der Waals surface area contributed by atoms with Crippen LogP contribution >= 0.6 is 24.0 Å². The molecule has 7 nitrogen and oxygen atoms in total. The fourth-order valence-electron chi connectivity index (χ4n) is 7.55. The van der Waals surface area contributed by atoms with Crippen LogP contribution in [0, 0.1) is 11.3 Å². The number of halogens is 2. The highest BCUT2D eigenvalue weighted by atomic mass is 35.5. The lowest BCUT2D eigenvalue weighted by molar-refractivity contribution is -0.124. The number of nitrogens with one attached hydrogen (secondary N) is 2. The first-order valence-corrected chi connectivity index (χ1v) is 15.8. The number of carbonyl (C=O) groups excluding carboxylic acids is 1. The maximum atomic E-state index is 13.6. The average Bonchev–Trinajstić information content (AvgIpc) is 3.52. The second-order valence-corrected chi connectivity index (χ2v) is 13.0. The number of piperidine rings is 1. The van der Waals surface area contributed by atoms with Crippen molar-refractivity contribution in [3.05, 3.63) is 82.9 Å². The fraction of sp³-hybridized carbons (Fsp3) is 0.545. The normalized spacial score (nSPS) is 21.6. The van der Waals surface area contributed by atoms with Gasteiger partial charge in [0.1, 0.15) is 12.7 Å². The molecule has 226 valence electrons. The molecule has 3 aromatic rings. The maximum Gasteiger partial charge on any atom is 0.237 e. The number of hydrogen-bond donors (Lipinski definition) is 2. The molecule has 2 atom stereocenters. The molecule has 3 heterocycles. The minimum absolute atomic E-state index is 0. The first-order chi connectivity index (χ1) is 20.1. The third-order valence-corrected chi connectivity index (χ3v) is 10.1. The van der Waals surface area contributed by atoms with Crippen molar-refractivity contribution in [2.45, 2.75) is 83.0 Å². The number of amides is 1. The molecule has 0 unspecified atom stereocenters. The molecule has 1 aromatic heterocycles. The summed E-state index contributed by atoms with van der Waals surface area (Å²) in [5.74, 6) is 0.852. The van der Waals surface area contributed by atoms with Crippen molar-refractivity contribution in [1.29, 1.82) is 0 Å². The van der Waals surface area contributed by atoms with Gasteiger partial charge in [-0.3, -0.25) is 9.48 Å². The molecule has 0 spiro atoms. The number of nitrogens with zero attached hydrogens (tertiary/aromatic N) is 4. The Morgan fingerprint density at radius 1 is 1.05 bits per heavy atom. The average molecular weight is 612 g/mol. The molecule has 9 heteroatoms. The van der Waals surface area contributed by atoms with Crippen LogP contribution in [0.25, 0.3) is 0 Å². The lowest BCUT2D eigenvalue weighted by Crippen LogP contribution is -2.55. The van der Waals surface area contributed by atoms with E-state index in [4.69, 9.17) is 11.6 Å². The molecule has 2 fully saturated rings. The second kappa shape index (κ2) is 14.3. The monoisotopic (exact) mass is 610 g/mol. The van der Waals surface area contributed by atoms with Gasteiger partial charge in [0, 0.05) is 30.7 Å². The van der Waals surface area contributed by atoms with E-state index in [0.717, 1.165) is 56.5 Å². The topological polar surface area (TPSA) is 75.1 Å². The highest BCUT2D eigenvalue weighted by Gasteiger charge is 2.42. The van der Waals surface area contributed by atoms with E-state index in [1.807, 2.05) is 18.5 Å². The molecular formula is C33H44Cl2N6O. The number of carbonyl (C=O) groups is 1. The van der Waals surface area contributed by atoms with E-state index in [1.54, 1.807) is 6.33 Å². The van der Waals surface area contributed by atoms with Gasteiger partial charge in [0.2, 0.25) is 5.91 Å². The molecule has 1 amide bonds. The van der Waals surface area contributed by atoms with Crippen LogP contribution in [0.4, 0.5) is 0 Å². The number of likely N-dealkylation sites (tertiary alicyclic amines) is 1. The highest BCUT2D eigenvalue weighted by Crippen LogP contribution is 2.47. The van der Waals surface area contributed by atoms with Crippen molar-refractivity contribution >= 4 is 29.9 Å². The van der Waals surface area contributed by atoms with Crippen LogP contribution in [0.3, 0.4) is 0 Å². The Kier molecular flexibility index (Phi) is 10.6. The summed E-state index contributed by atoms with van der Waals surface area (Å²) in [4.78, 5) is 20.4. The van der Waals surface area contributed by atoms with Gasteiger partial charge in [-0.05, 0) is 91.8 Å². The summed E-state index contributed by atoms with van der Waals surface area (Å²) in [5, 5.41) is 12.1. The van der Waals surface area contributed by atoms with Crippen molar-refractivity contribution in [2.75, 3.05) is 19.6 Å².